The molecule has 2 N–H and O–H groups in total. The van der Waals surface area contributed by atoms with Gasteiger partial charge in [-0.05, 0) is 62.1 Å². The van der Waals surface area contributed by atoms with Crippen LogP contribution in [0.5, 0.6) is 0 Å². The summed E-state index contributed by atoms with van der Waals surface area (Å²) in [5.74, 6) is -0.196. The molecule has 1 saturated carbocycles. The van der Waals surface area contributed by atoms with Crippen molar-refractivity contribution in [1.29, 1.82) is 0 Å². The first-order valence-corrected chi connectivity index (χ1v) is 8.82. The van der Waals surface area contributed by atoms with Gasteiger partial charge in [0.15, 0.2) is 0 Å². The van der Waals surface area contributed by atoms with Crippen LogP contribution in [0.4, 0.5) is 0 Å². The molecule has 5 nitrogen and oxygen atoms in total. The fraction of sp³-hybridized carbons (Fsp3) is 0.579. The average molecular weight is 331 g/mol. The summed E-state index contributed by atoms with van der Waals surface area (Å²) >= 11 is 0. The number of amides is 1. The van der Waals surface area contributed by atoms with E-state index >= 15 is 0 Å². The lowest BCUT2D eigenvalue weighted by molar-refractivity contribution is -0.136. The number of aromatic carboxylic acids is 1. The minimum atomic E-state index is -0.903. The highest BCUT2D eigenvalue weighted by Crippen LogP contribution is 2.29. The molecule has 1 aromatic rings. The molecule has 5 heteroatoms. The first kappa shape index (κ1) is 17.0. The second-order valence-electron chi connectivity index (χ2n) is 7.15. The summed E-state index contributed by atoms with van der Waals surface area (Å²) in [6.07, 6.45) is 4.60. The molecule has 2 fully saturated rings. The molecule has 1 aliphatic heterocycles. The molecule has 1 amide bonds. The summed E-state index contributed by atoms with van der Waals surface area (Å²) in [4.78, 5) is 25.6. The molecule has 24 heavy (non-hydrogen) atoms. The molecule has 1 aliphatic carbocycles. The van der Waals surface area contributed by atoms with Crippen LogP contribution in [-0.4, -0.2) is 46.2 Å². The fourth-order valence-corrected chi connectivity index (χ4v) is 3.95. The Balaban J connectivity index is 1.54. The zero-order valence-electron chi connectivity index (χ0n) is 13.9. The predicted molar refractivity (Wildman–Crippen MR) is 89.8 cm³/mol. The molecule has 1 heterocycles. The average Bonchev–Trinajstić information content (AvgIpc) is 3.03. The molecule has 0 spiro atoms. The zero-order valence-corrected chi connectivity index (χ0v) is 13.9. The number of rotatable bonds is 4. The van der Waals surface area contributed by atoms with E-state index in [4.69, 9.17) is 5.11 Å². The molecular formula is C19H25NO4. The number of carbonyl (C=O) groups excluding carboxylic acids is 1. The van der Waals surface area contributed by atoms with Gasteiger partial charge in [0.2, 0.25) is 5.91 Å². The number of carbonyl (C=O) groups is 2. The van der Waals surface area contributed by atoms with E-state index in [2.05, 4.69) is 0 Å². The summed E-state index contributed by atoms with van der Waals surface area (Å²) in [5, 5.41) is 18.7. The van der Waals surface area contributed by atoms with Crippen LogP contribution in [0.25, 0.3) is 0 Å². The largest absolute Gasteiger partial charge is 0.478 e. The highest BCUT2D eigenvalue weighted by molar-refractivity contribution is 5.87. The molecule has 0 aromatic heterocycles. The van der Waals surface area contributed by atoms with E-state index in [9.17, 15) is 14.7 Å². The number of hydrogen-bond acceptors (Lipinski definition) is 3. The number of carboxylic acid groups (broad SMARTS) is 1. The van der Waals surface area contributed by atoms with Crippen LogP contribution < -0.4 is 0 Å². The van der Waals surface area contributed by atoms with Crippen molar-refractivity contribution in [2.45, 2.75) is 44.6 Å². The molecule has 3 rings (SSSR count). The zero-order chi connectivity index (χ0) is 17.1. The first-order chi connectivity index (χ1) is 11.5. The van der Waals surface area contributed by atoms with Gasteiger partial charge in [-0.2, -0.15) is 0 Å². The van der Waals surface area contributed by atoms with Crippen LogP contribution in [0.3, 0.4) is 0 Å². The van der Waals surface area contributed by atoms with E-state index in [1.807, 2.05) is 11.0 Å². The minimum absolute atomic E-state index is 0.0717. The van der Waals surface area contributed by atoms with Gasteiger partial charge in [0.1, 0.15) is 0 Å². The van der Waals surface area contributed by atoms with Crippen LogP contribution in [0.15, 0.2) is 24.3 Å². The van der Waals surface area contributed by atoms with Crippen molar-refractivity contribution in [3.8, 4) is 0 Å². The molecule has 1 aromatic carbocycles. The van der Waals surface area contributed by atoms with E-state index in [0.717, 1.165) is 57.2 Å². The van der Waals surface area contributed by atoms with Crippen LogP contribution in [-0.2, 0) is 11.2 Å². The van der Waals surface area contributed by atoms with Crippen LogP contribution in [0.1, 0.15) is 48.0 Å². The number of hydrogen-bond donors (Lipinski definition) is 2. The number of likely N-dealkylation sites (tertiary alicyclic amines) is 1. The van der Waals surface area contributed by atoms with Gasteiger partial charge >= 0.3 is 5.97 Å². The van der Waals surface area contributed by atoms with Crippen LogP contribution in [0, 0.1) is 11.8 Å². The molecular weight excluding hydrogens is 306 g/mol. The van der Waals surface area contributed by atoms with Gasteiger partial charge in [-0.25, -0.2) is 4.79 Å². The van der Waals surface area contributed by atoms with Gasteiger partial charge in [-0.15, -0.1) is 0 Å². The van der Waals surface area contributed by atoms with Gasteiger partial charge in [0, 0.05) is 19.0 Å². The third kappa shape index (κ3) is 3.96. The van der Waals surface area contributed by atoms with Gasteiger partial charge in [0.05, 0.1) is 11.7 Å². The summed E-state index contributed by atoms with van der Waals surface area (Å²) < 4.78 is 0. The lowest BCUT2D eigenvalue weighted by atomic mass is 9.86. The van der Waals surface area contributed by atoms with Gasteiger partial charge in [-0.1, -0.05) is 12.1 Å². The monoisotopic (exact) mass is 331 g/mol. The van der Waals surface area contributed by atoms with Crippen molar-refractivity contribution in [2.24, 2.45) is 11.8 Å². The fourth-order valence-electron chi connectivity index (χ4n) is 3.95. The minimum Gasteiger partial charge on any atom is -0.478 e. The molecule has 2 aliphatic rings. The first-order valence-electron chi connectivity index (χ1n) is 8.82. The summed E-state index contributed by atoms with van der Waals surface area (Å²) in [6.45, 7) is 1.55. The Kier molecular flexibility index (Phi) is 5.19. The smallest absolute Gasteiger partial charge is 0.335 e. The number of benzene rings is 1. The summed E-state index contributed by atoms with van der Waals surface area (Å²) in [6, 6.07) is 7.08. The van der Waals surface area contributed by atoms with Crippen LogP contribution >= 0.6 is 0 Å². The number of nitrogens with zero attached hydrogens (tertiary/aromatic N) is 1. The Morgan fingerprint density at radius 2 is 1.88 bits per heavy atom. The maximum absolute atomic E-state index is 12.6. The molecule has 0 radical (unpaired) electrons. The number of aliphatic hydroxyl groups excluding tert-OH is 1. The van der Waals surface area contributed by atoms with Crippen molar-refractivity contribution < 1.29 is 19.8 Å². The highest BCUT2D eigenvalue weighted by atomic mass is 16.4. The molecule has 0 bridgehead atoms. The lowest BCUT2D eigenvalue weighted by Crippen LogP contribution is -2.37. The Morgan fingerprint density at radius 1 is 1.12 bits per heavy atom. The highest BCUT2D eigenvalue weighted by Gasteiger charge is 2.32. The number of aliphatic hydroxyl groups is 1. The Morgan fingerprint density at radius 3 is 2.58 bits per heavy atom. The van der Waals surface area contributed by atoms with E-state index < -0.39 is 5.97 Å². The normalized spacial score (nSPS) is 27.2. The van der Waals surface area contributed by atoms with Crippen molar-refractivity contribution >= 4 is 11.9 Å². The molecule has 130 valence electrons. The third-order valence-corrected chi connectivity index (χ3v) is 5.34. The standard InChI is InChI=1S/C19H25NO4/c21-17-6-4-15(5-7-17)18(22)20-9-8-14(12-20)10-13-2-1-3-16(11-13)19(23)24/h1-3,11,14-15,17,21H,4-10,12H2,(H,23,24)/t14-,15?,17?/m1/s1. The molecule has 0 unspecified atom stereocenters. The maximum Gasteiger partial charge on any atom is 0.335 e. The molecule has 1 atom stereocenters. The van der Waals surface area contributed by atoms with Gasteiger partial charge < -0.3 is 15.1 Å². The predicted octanol–water partition coefficient (Wildman–Crippen LogP) is 2.33. The molecule has 1 saturated heterocycles. The van der Waals surface area contributed by atoms with E-state index in [0.29, 0.717) is 11.5 Å². The topological polar surface area (TPSA) is 77.8 Å². The quantitative estimate of drug-likeness (QED) is 0.887. The second-order valence-corrected chi connectivity index (χ2v) is 7.15. The Hall–Kier alpha value is -1.88. The number of carboxylic acids is 1. The van der Waals surface area contributed by atoms with Crippen molar-refractivity contribution in [3.63, 3.8) is 0 Å². The summed E-state index contributed by atoms with van der Waals surface area (Å²) in [7, 11) is 0. The Labute approximate surface area is 142 Å². The third-order valence-electron chi connectivity index (χ3n) is 5.34. The van der Waals surface area contributed by atoms with Crippen LogP contribution in [0.2, 0.25) is 0 Å². The maximum atomic E-state index is 12.6. The SMILES string of the molecule is O=C(O)c1cccc(C[C@H]2CCN(C(=O)C3CCC(O)CC3)C2)c1. The summed E-state index contributed by atoms with van der Waals surface area (Å²) in [5.41, 5.74) is 1.34. The Bertz CT molecular complexity index is 607. The lowest BCUT2D eigenvalue weighted by Gasteiger charge is -2.28. The van der Waals surface area contributed by atoms with Gasteiger partial charge in [0.25, 0.3) is 0 Å². The van der Waals surface area contributed by atoms with E-state index in [1.54, 1.807) is 18.2 Å². The van der Waals surface area contributed by atoms with Crippen molar-refractivity contribution in [1.82, 2.24) is 4.90 Å². The van der Waals surface area contributed by atoms with E-state index in [-0.39, 0.29) is 17.9 Å². The van der Waals surface area contributed by atoms with E-state index in [1.165, 1.54) is 0 Å². The van der Waals surface area contributed by atoms with Crippen molar-refractivity contribution in [2.75, 3.05) is 13.1 Å². The van der Waals surface area contributed by atoms with Crippen molar-refractivity contribution in [3.05, 3.63) is 35.4 Å². The second kappa shape index (κ2) is 7.34. The van der Waals surface area contributed by atoms with Gasteiger partial charge in [-0.3, -0.25) is 4.79 Å².